The highest BCUT2D eigenvalue weighted by molar-refractivity contribution is 6.08. The summed E-state index contributed by atoms with van der Waals surface area (Å²) < 4.78 is 5.58. The number of hydrogen-bond acceptors (Lipinski definition) is 9. The molecule has 0 aliphatic carbocycles. The molecule has 0 aliphatic rings. The van der Waals surface area contributed by atoms with Crippen LogP contribution < -0.4 is 0 Å². The molecule has 0 aliphatic heterocycles. The molecule has 0 N–H and O–H groups in total. The first-order valence-corrected chi connectivity index (χ1v) is 12.7. The topological polar surface area (TPSA) is 131 Å². The zero-order valence-electron chi connectivity index (χ0n) is 21.3. The summed E-state index contributed by atoms with van der Waals surface area (Å²) in [5, 5.41) is 1.88. The van der Waals surface area contributed by atoms with Crippen LogP contribution in [-0.2, 0) is 0 Å². The molecule has 0 radical (unpaired) electrons. The third-order valence-electron chi connectivity index (χ3n) is 6.67. The van der Waals surface area contributed by atoms with E-state index in [-0.39, 0.29) is 0 Å². The van der Waals surface area contributed by atoms with Gasteiger partial charge < -0.3 is 0 Å². The van der Waals surface area contributed by atoms with Gasteiger partial charge in [-0.1, -0.05) is 12.1 Å². The molecule has 8 aromatic heterocycles. The first-order valence-electron chi connectivity index (χ1n) is 12.7. The molecule has 0 aromatic carbocycles. The SMILES string of the molecule is c1ccc(-c2nccn2-c2nc(-n3ccnc3-c3ccccn3)nc(-n3c4ccncc4c4cnccc43)n2)nc1. The van der Waals surface area contributed by atoms with Crippen LogP contribution in [0.4, 0.5) is 0 Å². The number of imidazole rings is 2. The Hall–Kier alpha value is -6.17. The van der Waals surface area contributed by atoms with E-state index in [0.717, 1.165) is 21.8 Å². The lowest BCUT2D eigenvalue weighted by atomic mass is 10.2. The number of nitrogens with zero attached hydrogens (tertiary/aromatic N) is 12. The molecular weight excluding hydrogens is 516 g/mol. The number of rotatable bonds is 5. The van der Waals surface area contributed by atoms with Crippen molar-refractivity contribution in [2.75, 3.05) is 0 Å². The maximum Gasteiger partial charge on any atom is 0.242 e. The van der Waals surface area contributed by atoms with Crippen molar-refractivity contribution in [2.45, 2.75) is 0 Å². The van der Waals surface area contributed by atoms with Crippen LogP contribution in [0.1, 0.15) is 0 Å². The molecule has 0 spiro atoms. The van der Waals surface area contributed by atoms with Gasteiger partial charge in [0.2, 0.25) is 17.8 Å². The fraction of sp³-hybridized carbons (Fsp3) is 0. The summed E-state index contributed by atoms with van der Waals surface area (Å²) in [6, 6.07) is 15.2. The van der Waals surface area contributed by atoms with Crippen molar-refractivity contribution in [2.24, 2.45) is 0 Å². The van der Waals surface area contributed by atoms with Crippen LogP contribution in [0, 0.1) is 0 Å². The standard InChI is InChI=1S/C29H18N12/c1-3-9-32-21(5-1)25-34-13-15-39(25)27-36-28(40-16-14-35-26(40)22-6-2-4-10-33-22)38-29(37-27)41-23-7-11-30-17-19(23)20-18-31-12-8-24(20)41/h1-18H. The van der Waals surface area contributed by atoms with Gasteiger partial charge >= 0.3 is 0 Å². The maximum absolute atomic E-state index is 4.96. The highest BCUT2D eigenvalue weighted by atomic mass is 15.3. The Kier molecular flexibility index (Phi) is 5.13. The Morgan fingerprint density at radius 1 is 0.463 bits per heavy atom. The summed E-state index contributed by atoms with van der Waals surface area (Å²) in [5.41, 5.74) is 3.15. The van der Waals surface area contributed by atoms with Gasteiger partial charge in [0, 0.05) is 72.7 Å². The van der Waals surface area contributed by atoms with Gasteiger partial charge in [-0.3, -0.25) is 33.6 Å². The summed E-state index contributed by atoms with van der Waals surface area (Å²) in [6.45, 7) is 0. The molecule has 12 heteroatoms. The van der Waals surface area contributed by atoms with Gasteiger partial charge in [0.1, 0.15) is 11.4 Å². The molecule has 0 unspecified atom stereocenters. The lowest BCUT2D eigenvalue weighted by molar-refractivity contribution is 0.814. The van der Waals surface area contributed by atoms with E-state index in [4.69, 9.17) is 15.0 Å². The Morgan fingerprint density at radius 2 is 0.976 bits per heavy atom. The first-order chi connectivity index (χ1) is 20.3. The van der Waals surface area contributed by atoms with E-state index in [1.807, 2.05) is 65.5 Å². The molecule has 0 saturated carbocycles. The average molecular weight is 535 g/mol. The van der Waals surface area contributed by atoms with Gasteiger partial charge in [0.25, 0.3) is 0 Å². The van der Waals surface area contributed by atoms with Crippen LogP contribution in [0.25, 0.3) is 62.7 Å². The van der Waals surface area contributed by atoms with Crippen molar-refractivity contribution in [3.8, 4) is 40.9 Å². The van der Waals surface area contributed by atoms with E-state index in [2.05, 4.69) is 29.9 Å². The summed E-state index contributed by atoms with van der Waals surface area (Å²) in [5.74, 6) is 2.33. The predicted molar refractivity (Wildman–Crippen MR) is 150 cm³/mol. The fourth-order valence-corrected chi connectivity index (χ4v) is 4.88. The van der Waals surface area contributed by atoms with Crippen molar-refractivity contribution >= 4 is 21.8 Å². The summed E-state index contributed by atoms with van der Waals surface area (Å²) in [7, 11) is 0. The molecule has 0 saturated heterocycles. The molecule has 0 bridgehead atoms. The van der Waals surface area contributed by atoms with E-state index < -0.39 is 0 Å². The van der Waals surface area contributed by atoms with E-state index in [9.17, 15) is 0 Å². The summed E-state index contributed by atoms with van der Waals surface area (Å²) in [6.07, 6.45) is 17.6. The minimum absolute atomic E-state index is 0.363. The minimum atomic E-state index is 0.363. The van der Waals surface area contributed by atoms with Gasteiger partial charge in [-0.05, 0) is 36.4 Å². The highest BCUT2D eigenvalue weighted by Gasteiger charge is 2.21. The Morgan fingerprint density at radius 3 is 1.46 bits per heavy atom. The third kappa shape index (κ3) is 3.73. The summed E-state index contributed by atoms with van der Waals surface area (Å²) >= 11 is 0. The molecular formula is C29H18N12. The van der Waals surface area contributed by atoms with Gasteiger partial charge in [-0.25, -0.2) is 9.97 Å². The first kappa shape index (κ1) is 22.8. The molecule has 8 rings (SSSR count). The minimum Gasteiger partial charge on any atom is -0.277 e. The highest BCUT2D eigenvalue weighted by Crippen LogP contribution is 2.30. The fourth-order valence-electron chi connectivity index (χ4n) is 4.88. The molecule has 0 amide bonds. The van der Waals surface area contributed by atoms with Crippen molar-refractivity contribution in [3.63, 3.8) is 0 Å². The molecule has 194 valence electrons. The Balaban J connectivity index is 1.42. The third-order valence-corrected chi connectivity index (χ3v) is 6.67. The van der Waals surface area contributed by atoms with Gasteiger partial charge in [0.15, 0.2) is 11.6 Å². The van der Waals surface area contributed by atoms with Gasteiger partial charge in [-0.2, -0.15) is 15.0 Å². The summed E-state index contributed by atoms with van der Waals surface area (Å²) in [4.78, 5) is 41.6. The quantitative estimate of drug-likeness (QED) is 0.318. The average Bonchev–Trinajstić information content (AvgIpc) is 3.80. The Bertz CT molecular complexity index is 2010. The van der Waals surface area contributed by atoms with Crippen LogP contribution in [0.15, 0.2) is 110 Å². The number of aromatic nitrogens is 12. The van der Waals surface area contributed by atoms with E-state index in [0.29, 0.717) is 40.9 Å². The van der Waals surface area contributed by atoms with E-state index >= 15 is 0 Å². The van der Waals surface area contributed by atoms with Gasteiger partial charge in [0.05, 0.1) is 11.0 Å². The van der Waals surface area contributed by atoms with Crippen LogP contribution in [-0.4, -0.2) is 58.6 Å². The smallest absolute Gasteiger partial charge is 0.242 e. The lowest BCUT2D eigenvalue weighted by Gasteiger charge is -2.13. The predicted octanol–water partition coefficient (Wildman–Crippen LogP) is 4.25. The van der Waals surface area contributed by atoms with Crippen LogP contribution in [0.5, 0.6) is 0 Å². The van der Waals surface area contributed by atoms with E-state index in [1.54, 1.807) is 58.7 Å². The van der Waals surface area contributed by atoms with Crippen LogP contribution in [0.3, 0.4) is 0 Å². The molecule has 0 fully saturated rings. The largest absolute Gasteiger partial charge is 0.277 e. The molecule has 41 heavy (non-hydrogen) atoms. The monoisotopic (exact) mass is 534 g/mol. The normalized spacial score (nSPS) is 11.4. The van der Waals surface area contributed by atoms with Crippen molar-refractivity contribution < 1.29 is 0 Å². The number of pyridine rings is 4. The zero-order chi connectivity index (χ0) is 27.2. The molecule has 8 heterocycles. The van der Waals surface area contributed by atoms with Crippen LogP contribution >= 0.6 is 0 Å². The van der Waals surface area contributed by atoms with Crippen molar-refractivity contribution in [1.29, 1.82) is 0 Å². The number of hydrogen-bond donors (Lipinski definition) is 0. The second-order valence-electron chi connectivity index (χ2n) is 9.03. The maximum atomic E-state index is 4.96. The molecule has 12 nitrogen and oxygen atoms in total. The zero-order valence-corrected chi connectivity index (χ0v) is 21.3. The van der Waals surface area contributed by atoms with Crippen molar-refractivity contribution in [3.05, 3.63) is 110 Å². The van der Waals surface area contributed by atoms with E-state index in [1.165, 1.54) is 0 Å². The number of fused-ring (bicyclic) bond motifs is 3. The van der Waals surface area contributed by atoms with Gasteiger partial charge in [-0.15, -0.1) is 0 Å². The second-order valence-corrected chi connectivity index (χ2v) is 9.03. The Labute approximate surface area is 231 Å². The van der Waals surface area contributed by atoms with Crippen LogP contribution in [0.2, 0.25) is 0 Å². The molecule has 8 aromatic rings. The lowest BCUT2D eigenvalue weighted by Crippen LogP contribution is -2.14. The van der Waals surface area contributed by atoms with Crippen molar-refractivity contribution in [1.82, 2.24) is 58.6 Å². The second kappa shape index (κ2) is 9.24. The molecule has 0 atom stereocenters.